The Balaban J connectivity index is 2.01. The van der Waals surface area contributed by atoms with E-state index >= 15 is 0 Å². The van der Waals surface area contributed by atoms with Crippen molar-refractivity contribution >= 4 is 17.1 Å². The minimum Gasteiger partial charge on any atom is -0.369 e. The number of imidazole rings is 1. The van der Waals surface area contributed by atoms with Crippen LogP contribution in [0, 0.1) is 11.8 Å². The molecule has 0 aliphatic heterocycles. The molecule has 0 amide bonds. The molecule has 0 aromatic carbocycles. The van der Waals surface area contributed by atoms with E-state index in [1.807, 2.05) is 18.3 Å². The highest BCUT2D eigenvalue weighted by Gasteiger charge is 2.28. The molecule has 0 saturated heterocycles. The van der Waals surface area contributed by atoms with Crippen LogP contribution in [-0.2, 0) is 0 Å². The van der Waals surface area contributed by atoms with Crippen LogP contribution in [0.3, 0.4) is 0 Å². The zero-order valence-electron chi connectivity index (χ0n) is 11.0. The molecule has 2 aromatic heterocycles. The van der Waals surface area contributed by atoms with Gasteiger partial charge in [0.2, 0.25) is 5.95 Å². The molecule has 2 N–H and O–H groups in total. The molecule has 3 atom stereocenters. The third-order valence-electron chi connectivity index (χ3n) is 4.41. The van der Waals surface area contributed by atoms with Crippen molar-refractivity contribution in [3.63, 3.8) is 0 Å². The van der Waals surface area contributed by atoms with Gasteiger partial charge < -0.3 is 5.73 Å². The molecule has 96 valence electrons. The Morgan fingerprint density at radius 3 is 2.89 bits per heavy atom. The topological polar surface area (TPSA) is 56.7 Å². The lowest BCUT2D eigenvalue weighted by Crippen LogP contribution is -2.24. The summed E-state index contributed by atoms with van der Waals surface area (Å²) < 4.78 is 2.14. The first-order valence-electron chi connectivity index (χ1n) is 6.75. The molecule has 4 heteroatoms. The predicted molar refractivity (Wildman–Crippen MR) is 73.2 cm³/mol. The van der Waals surface area contributed by atoms with Gasteiger partial charge in [0.15, 0.2) is 5.65 Å². The summed E-state index contributed by atoms with van der Waals surface area (Å²) in [5.74, 6) is 2.16. The Hall–Kier alpha value is -1.58. The molecule has 1 aliphatic rings. The number of rotatable bonds is 1. The molecule has 0 bridgehead atoms. The van der Waals surface area contributed by atoms with Crippen LogP contribution in [0.2, 0.25) is 0 Å². The number of pyridine rings is 1. The first-order valence-corrected chi connectivity index (χ1v) is 6.75. The maximum Gasteiger partial charge on any atom is 0.202 e. The van der Waals surface area contributed by atoms with E-state index in [-0.39, 0.29) is 0 Å². The van der Waals surface area contributed by atoms with Gasteiger partial charge in [-0.3, -0.25) is 4.57 Å². The number of nitrogen functional groups attached to an aromatic ring is 1. The van der Waals surface area contributed by atoms with Gasteiger partial charge in [0, 0.05) is 12.2 Å². The quantitative estimate of drug-likeness (QED) is 0.839. The zero-order chi connectivity index (χ0) is 12.7. The second-order valence-electron chi connectivity index (χ2n) is 5.61. The molecule has 3 unspecified atom stereocenters. The maximum atomic E-state index is 6.08. The summed E-state index contributed by atoms with van der Waals surface area (Å²) in [5.41, 5.74) is 7.91. The monoisotopic (exact) mass is 244 g/mol. The molecule has 18 heavy (non-hydrogen) atoms. The second-order valence-corrected chi connectivity index (χ2v) is 5.61. The average Bonchev–Trinajstić information content (AvgIpc) is 2.69. The van der Waals surface area contributed by atoms with Crippen LogP contribution in [0.25, 0.3) is 11.2 Å². The number of fused-ring (bicyclic) bond motifs is 1. The largest absolute Gasteiger partial charge is 0.369 e. The summed E-state index contributed by atoms with van der Waals surface area (Å²) in [5, 5.41) is 0. The number of nitrogens with zero attached hydrogens (tertiary/aromatic N) is 3. The van der Waals surface area contributed by atoms with Crippen molar-refractivity contribution in [3.05, 3.63) is 18.3 Å². The summed E-state index contributed by atoms with van der Waals surface area (Å²) in [6.45, 7) is 4.67. The van der Waals surface area contributed by atoms with Gasteiger partial charge in [-0.05, 0) is 43.2 Å². The molecular formula is C14H20N4. The first kappa shape index (κ1) is 11.5. The molecule has 2 heterocycles. The summed E-state index contributed by atoms with van der Waals surface area (Å²) in [4.78, 5) is 8.85. The van der Waals surface area contributed by atoms with Crippen LogP contribution < -0.4 is 5.73 Å². The molecule has 1 saturated carbocycles. The summed E-state index contributed by atoms with van der Waals surface area (Å²) in [7, 11) is 0. The predicted octanol–water partition coefficient (Wildman–Crippen LogP) is 3.01. The van der Waals surface area contributed by atoms with Gasteiger partial charge >= 0.3 is 0 Å². The molecule has 1 aliphatic carbocycles. The van der Waals surface area contributed by atoms with Crippen LogP contribution in [0.15, 0.2) is 18.3 Å². The lowest BCUT2D eigenvalue weighted by Gasteiger charge is -2.33. The van der Waals surface area contributed by atoms with Crippen LogP contribution in [0.5, 0.6) is 0 Å². The van der Waals surface area contributed by atoms with Gasteiger partial charge in [0.05, 0.1) is 0 Å². The van der Waals surface area contributed by atoms with Gasteiger partial charge in [-0.1, -0.05) is 13.8 Å². The Morgan fingerprint density at radius 1 is 1.28 bits per heavy atom. The summed E-state index contributed by atoms with van der Waals surface area (Å²) in [6.07, 6.45) is 5.43. The Kier molecular flexibility index (Phi) is 2.73. The molecule has 0 radical (unpaired) electrons. The lowest BCUT2D eigenvalue weighted by atomic mass is 9.79. The van der Waals surface area contributed by atoms with E-state index < -0.39 is 0 Å². The van der Waals surface area contributed by atoms with Crippen molar-refractivity contribution in [1.82, 2.24) is 14.5 Å². The second kappa shape index (κ2) is 4.26. The van der Waals surface area contributed by atoms with E-state index in [0.29, 0.717) is 12.0 Å². The van der Waals surface area contributed by atoms with Crippen LogP contribution in [0.1, 0.15) is 39.2 Å². The fourth-order valence-corrected chi connectivity index (χ4v) is 3.06. The number of nitrogens with two attached hydrogens (primary N) is 1. The SMILES string of the molecule is CC1CCC(n2c(N)nc3cccnc32)CC1C. The fourth-order valence-electron chi connectivity index (χ4n) is 3.06. The zero-order valence-corrected chi connectivity index (χ0v) is 11.0. The highest BCUT2D eigenvalue weighted by Crippen LogP contribution is 2.38. The molecule has 1 fully saturated rings. The minimum absolute atomic E-state index is 0.455. The van der Waals surface area contributed by atoms with Gasteiger partial charge in [0.1, 0.15) is 5.52 Å². The van der Waals surface area contributed by atoms with Crippen molar-refractivity contribution in [1.29, 1.82) is 0 Å². The minimum atomic E-state index is 0.455. The standard InChI is InChI=1S/C14H20N4/c1-9-5-6-11(8-10(9)2)18-13-12(17-14(18)15)4-3-7-16-13/h3-4,7,9-11H,5-6,8H2,1-2H3,(H2,15,17). The van der Waals surface area contributed by atoms with Crippen molar-refractivity contribution in [2.45, 2.75) is 39.2 Å². The maximum absolute atomic E-state index is 6.08. The van der Waals surface area contributed by atoms with Crippen LogP contribution in [-0.4, -0.2) is 14.5 Å². The summed E-state index contributed by atoms with van der Waals surface area (Å²) in [6, 6.07) is 4.34. The van der Waals surface area contributed by atoms with Crippen LogP contribution >= 0.6 is 0 Å². The number of hydrogen-bond acceptors (Lipinski definition) is 3. The van der Waals surface area contributed by atoms with E-state index in [1.165, 1.54) is 19.3 Å². The first-order chi connectivity index (χ1) is 8.66. The van der Waals surface area contributed by atoms with E-state index in [2.05, 4.69) is 28.4 Å². The van der Waals surface area contributed by atoms with Crippen molar-refractivity contribution in [2.24, 2.45) is 11.8 Å². The molecule has 0 spiro atoms. The van der Waals surface area contributed by atoms with Gasteiger partial charge in [-0.2, -0.15) is 0 Å². The van der Waals surface area contributed by atoms with Crippen molar-refractivity contribution in [3.8, 4) is 0 Å². The highest BCUT2D eigenvalue weighted by atomic mass is 15.2. The normalized spacial score (nSPS) is 28.7. The third-order valence-corrected chi connectivity index (χ3v) is 4.41. The van der Waals surface area contributed by atoms with Crippen molar-refractivity contribution in [2.75, 3.05) is 5.73 Å². The van der Waals surface area contributed by atoms with Crippen LogP contribution in [0.4, 0.5) is 5.95 Å². The average molecular weight is 244 g/mol. The van der Waals surface area contributed by atoms with E-state index in [9.17, 15) is 0 Å². The molecule has 3 rings (SSSR count). The Morgan fingerprint density at radius 2 is 2.11 bits per heavy atom. The van der Waals surface area contributed by atoms with E-state index in [4.69, 9.17) is 5.73 Å². The Bertz CT molecular complexity index is 560. The Labute approximate surface area is 107 Å². The number of hydrogen-bond donors (Lipinski definition) is 1. The lowest BCUT2D eigenvalue weighted by molar-refractivity contribution is 0.214. The fraction of sp³-hybridized carbons (Fsp3) is 0.571. The number of anilines is 1. The highest BCUT2D eigenvalue weighted by molar-refractivity contribution is 5.73. The third kappa shape index (κ3) is 1.76. The number of aromatic nitrogens is 3. The van der Waals surface area contributed by atoms with E-state index in [0.717, 1.165) is 23.0 Å². The van der Waals surface area contributed by atoms with Gasteiger partial charge in [-0.25, -0.2) is 9.97 Å². The van der Waals surface area contributed by atoms with Crippen molar-refractivity contribution < 1.29 is 0 Å². The smallest absolute Gasteiger partial charge is 0.202 e. The summed E-state index contributed by atoms with van der Waals surface area (Å²) >= 11 is 0. The molecule has 2 aromatic rings. The van der Waals surface area contributed by atoms with Gasteiger partial charge in [0.25, 0.3) is 0 Å². The molecule has 4 nitrogen and oxygen atoms in total. The van der Waals surface area contributed by atoms with Gasteiger partial charge in [-0.15, -0.1) is 0 Å². The molecular weight excluding hydrogens is 224 g/mol. The van der Waals surface area contributed by atoms with E-state index in [1.54, 1.807) is 0 Å².